The van der Waals surface area contributed by atoms with Crippen LogP contribution in [0.1, 0.15) is 12.2 Å². The zero-order valence-electron chi connectivity index (χ0n) is 10.7. The fraction of sp³-hybridized carbons (Fsp3) is 0.286. The lowest BCUT2D eigenvalue weighted by Gasteiger charge is -2.03. The van der Waals surface area contributed by atoms with Crippen molar-refractivity contribution in [2.24, 2.45) is 7.05 Å². The van der Waals surface area contributed by atoms with E-state index >= 15 is 0 Å². The van der Waals surface area contributed by atoms with Gasteiger partial charge in [-0.2, -0.15) is 0 Å². The molecule has 0 aliphatic heterocycles. The lowest BCUT2D eigenvalue weighted by Crippen LogP contribution is -2.06. The van der Waals surface area contributed by atoms with E-state index in [2.05, 4.69) is 20.9 Å². The van der Waals surface area contributed by atoms with E-state index in [9.17, 15) is 4.79 Å². The highest BCUT2D eigenvalue weighted by atomic mass is 79.9. The monoisotopic (exact) mass is 338 g/mol. The summed E-state index contributed by atoms with van der Waals surface area (Å²) in [5.74, 6) is 1.74. The van der Waals surface area contributed by atoms with Crippen LogP contribution in [0.3, 0.4) is 0 Å². The normalized spacial score (nSPS) is 10.6. The van der Waals surface area contributed by atoms with Crippen LogP contribution in [0.2, 0.25) is 0 Å². The number of thioether (sulfide) groups is 1. The van der Waals surface area contributed by atoms with Crippen molar-refractivity contribution in [2.75, 3.05) is 5.75 Å². The molecule has 0 saturated carbocycles. The molecule has 0 saturated heterocycles. The number of rotatable bonds is 6. The Morgan fingerprint density at radius 2 is 2.11 bits per heavy atom. The van der Waals surface area contributed by atoms with Crippen molar-refractivity contribution in [3.05, 3.63) is 47.0 Å². The first kappa shape index (κ1) is 14.3. The summed E-state index contributed by atoms with van der Waals surface area (Å²) in [5.41, 5.74) is 0. The third kappa shape index (κ3) is 4.51. The molecule has 1 aromatic heterocycles. The molecule has 0 bridgehead atoms. The summed E-state index contributed by atoms with van der Waals surface area (Å²) in [6.07, 6.45) is 4.92. The summed E-state index contributed by atoms with van der Waals surface area (Å²) in [6.45, 7) is 0. The van der Waals surface area contributed by atoms with Gasteiger partial charge in [0.05, 0.1) is 5.75 Å². The summed E-state index contributed by atoms with van der Waals surface area (Å²) in [4.78, 5) is 17.2. The first-order chi connectivity index (χ1) is 9.15. The molecule has 0 radical (unpaired) electrons. The second-order valence-corrected chi connectivity index (χ2v) is 6.20. The highest BCUT2D eigenvalue weighted by Crippen LogP contribution is 2.21. The van der Waals surface area contributed by atoms with E-state index in [0.717, 1.165) is 15.2 Å². The van der Waals surface area contributed by atoms with Crippen molar-refractivity contribution in [1.29, 1.82) is 0 Å². The number of aromatic nitrogens is 2. The van der Waals surface area contributed by atoms with Gasteiger partial charge in [0.25, 0.3) is 0 Å². The number of benzene rings is 1. The molecule has 0 aliphatic rings. The van der Waals surface area contributed by atoms with Crippen molar-refractivity contribution in [3.8, 4) is 0 Å². The molecule has 3 nitrogen and oxygen atoms in total. The van der Waals surface area contributed by atoms with E-state index in [4.69, 9.17) is 0 Å². The van der Waals surface area contributed by atoms with Crippen LogP contribution < -0.4 is 0 Å². The van der Waals surface area contributed by atoms with E-state index in [-0.39, 0.29) is 5.78 Å². The van der Waals surface area contributed by atoms with Gasteiger partial charge in [-0.05, 0) is 24.3 Å². The summed E-state index contributed by atoms with van der Waals surface area (Å²) < 4.78 is 3.01. The van der Waals surface area contributed by atoms with Gasteiger partial charge in [-0.15, -0.1) is 11.8 Å². The van der Waals surface area contributed by atoms with E-state index in [1.54, 1.807) is 18.0 Å². The van der Waals surface area contributed by atoms with Crippen LogP contribution in [0.5, 0.6) is 0 Å². The van der Waals surface area contributed by atoms with Crippen LogP contribution in [0, 0.1) is 0 Å². The predicted molar refractivity (Wildman–Crippen MR) is 81.4 cm³/mol. The highest BCUT2D eigenvalue weighted by molar-refractivity contribution is 9.10. The fourth-order valence-corrected chi connectivity index (χ4v) is 2.72. The smallest absolute Gasteiger partial charge is 0.143 e. The SMILES string of the molecule is Cn1ccnc1CCC(=O)CSc1ccc(Br)cc1. The number of hydrogen-bond acceptors (Lipinski definition) is 3. The number of aryl methyl sites for hydroxylation is 2. The van der Waals surface area contributed by atoms with Crippen LogP contribution in [-0.2, 0) is 18.3 Å². The van der Waals surface area contributed by atoms with E-state index in [1.165, 1.54) is 0 Å². The van der Waals surface area contributed by atoms with Gasteiger partial charge in [-0.25, -0.2) is 4.98 Å². The zero-order valence-corrected chi connectivity index (χ0v) is 13.1. The first-order valence-corrected chi connectivity index (χ1v) is 7.79. The summed E-state index contributed by atoms with van der Waals surface area (Å²) in [5, 5.41) is 0. The molecule has 5 heteroatoms. The van der Waals surface area contributed by atoms with Gasteiger partial charge >= 0.3 is 0 Å². The van der Waals surface area contributed by atoms with Gasteiger partial charge in [0.2, 0.25) is 0 Å². The molecule has 0 spiro atoms. The van der Waals surface area contributed by atoms with Crippen LogP contribution in [0.25, 0.3) is 0 Å². The van der Waals surface area contributed by atoms with Gasteiger partial charge in [-0.1, -0.05) is 15.9 Å². The Morgan fingerprint density at radius 3 is 2.74 bits per heavy atom. The van der Waals surface area contributed by atoms with Crippen LogP contribution in [0.4, 0.5) is 0 Å². The van der Waals surface area contributed by atoms with Crippen LogP contribution >= 0.6 is 27.7 Å². The minimum atomic E-state index is 0.260. The fourth-order valence-electron chi connectivity index (χ4n) is 1.66. The number of ketones is 1. The Kier molecular flexibility index (Phi) is 5.22. The van der Waals surface area contributed by atoms with Gasteiger partial charge in [0.1, 0.15) is 11.6 Å². The summed E-state index contributed by atoms with van der Waals surface area (Å²) in [6, 6.07) is 8.00. The number of hydrogen-bond donors (Lipinski definition) is 0. The van der Waals surface area contributed by atoms with E-state index in [1.807, 2.05) is 42.1 Å². The van der Waals surface area contributed by atoms with E-state index in [0.29, 0.717) is 18.6 Å². The minimum Gasteiger partial charge on any atom is -0.338 e. The maximum atomic E-state index is 11.8. The predicted octanol–water partition coefficient (Wildman–Crippen LogP) is 3.48. The molecule has 0 N–H and O–H groups in total. The molecule has 2 aromatic rings. The molecule has 1 heterocycles. The Bertz CT molecular complexity index is 551. The molecule has 100 valence electrons. The lowest BCUT2D eigenvalue weighted by atomic mass is 10.2. The van der Waals surface area contributed by atoms with Crippen molar-refractivity contribution in [2.45, 2.75) is 17.7 Å². The van der Waals surface area contributed by atoms with Crippen molar-refractivity contribution in [3.63, 3.8) is 0 Å². The standard InChI is InChI=1S/C14H15BrN2OS/c1-17-9-8-16-14(17)7-4-12(18)10-19-13-5-2-11(15)3-6-13/h2-3,5-6,8-9H,4,7,10H2,1H3. The molecule has 19 heavy (non-hydrogen) atoms. The largest absolute Gasteiger partial charge is 0.338 e. The Balaban J connectivity index is 1.76. The molecule has 1 aromatic carbocycles. The number of nitrogens with zero attached hydrogens (tertiary/aromatic N) is 2. The topological polar surface area (TPSA) is 34.9 Å². The number of halogens is 1. The summed E-state index contributed by atoms with van der Waals surface area (Å²) >= 11 is 4.97. The Labute approximate surface area is 125 Å². The molecule has 0 aliphatic carbocycles. The van der Waals surface area contributed by atoms with Crippen molar-refractivity contribution < 1.29 is 4.79 Å². The third-order valence-electron chi connectivity index (χ3n) is 2.76. The highest BCUT2D eigenvalue weighted by Gasteiger charge is 2.06. The molecule has 0 unspecified atom stereocenters. The van der Waals surface area contributed by atoms with Crippen molar-refractivity contribution in [1.82, 2.24) is 9.55 Å². The third-order valence-corrected chi connectivity index (χ3v) is 4.36. The van der Waals surface area contributed by atoms with Crippen LogP contribution in [-0.4, -0.2) is 21.1 Å². The van der Waals surface area contributed by atoms with E-state index < -0.39 is 0 Å². The van der Waals surface area contributed by atoms with Gasteiger partial charge in [0, 0.05) is 41.7 Å². The van der Waals surface area contributed by atoms with Gasteiger partial charge in [0.15, 0.2) is 0 Å². The zero-order chi connectivity index (χ0) is 13.7. The molecule has 0 fully saturated rings. The first-order valence-electron chi connectivity index (χ1n) is 6.01. The van der Waals surface area contributed by atoms with Crippen LogP contribution in [0.15, 0.2) is 46.0 Å². The van der Waals surface area contributed by atoms with Crippen molar-refractivity contribution >= 4 is 33.5 Å². The molecule has 0 atom stereocenters. The maximum absolute atomic E-state index is 11.8. The molecular weight excluding hydrogens is 324 g/mol. The molecular formula is C14H15BrN2OS. The minimum absolute atomic E-state index is 0.260. The average molecular weight is 339 g/mol. The number of carbonyl (C=O) groups excluding carboxylic acids is 1. The number of imidazole rings is 1. The number of carbonyl (C=O) groups is 1. The number of Topliss-reactive ketones (excluding diaryl/α,β-unsaturated/α-hetero) is 1. The summed E-state index contributed by atoms with van der Waals surface area (Å²) in [7, 11) is 1.95. The second kappa shape index (κ2) is 6.91. The maximum Gasteiger partial charge on any atom is 0.143 e. The Hall–Kier alpha value is -1.07. The lowest BCUT2D eigenvalue weighted by molar-refractivity contribution is -0.116. The van der Waals surface area contributed by atoms with Gasteiger partial charge in [-0.3, -0.25) is 4.79 Å². The molecule has 2 rings (SSSR count). The van der Waals surface area contributed by atoms with Gasteiger partial charge < -0.3 is 4.57 Å². The molecule has 0 amide bonds. The Morgan fingerprint density at radius 1 is 1.37 bits per heavy atom. The quantitative estimate of drug-likeness (QED) is 0.756. The second-order valence-electron chi connectivity index (χ2n) is 4.24. The average Bonchev–Trinajstić information content (AvgIpc) is 2.81.